The number of carbonyl (C=O) groups excluding carboxylic acids is 5. The van der Waals surface area contributed by atoms with Crippen molar-refractivity contribution in [3.05, 3.63) is 89.0 Å². The summed E-state index contributed by atoms with van der Waals surface area (Å²) in [7, 11) is 0. The van der Waals surface area contributed by atoms with Crippen LogP contribution < -0.4 is 16.0 Å². The van der Waals surface area contributed by atoms with E-state index in [0.717, 1.165) is 16.0 Å². The summed E-state index contributed by atoms with van der Waals surface area (Å²) < 4.78 is 22.2. The molecule has 13 heteroatoms. The summed E-state index contributed by atoms with van der Waals surface area (Å²) >= 11 is 0. The highest BCUT2D eigenvalue weighted by Gasteiger charge is 2.45. The number of amides is 5. The van der Waals surface area contributed by atoms with Crippen LogP contribution in [0.1, 0.15) is 50.6 Å². The number of nitrogens with zero attached hydrogens (tertiary/aromatic N) is 1. The molecule has 3 N–H and O–H groups in total. The highest BCUT2D eigenvalue weighted by molar-refractivity contribution is 6.25. The van der Waals surface area contributed by atoms with Crippen molar-refractivity contribution in [2.24, 2.45) is 0 Å². The van der Waals surface area contributed by atoms with Crippen LogP contribution >= 0.6 is 0 Å². The molecule has 3 aromatic carbocycles. The summed E-state index contributed by atoms with van der Waals surface area (Å²) in [5.74, 6) is -2.18. The number of piperidine rings is 1. The summed E-state index contributed by atoms with van der Waals surface area (Å²) in [6.45, 7) is 3.00. The number of benzene rings is 3. The fourth-order valence-corrected chi connectivity index (χ4v) is 6.34. The van der Waals surface area contributed by atoms with E-state index in [0.29, 0.717) is 58.4 Å². The molecule has 0 aromatic heterocycles. The largest absolute Gasteiger partial charge is 0.449 e. The first-order valence-corrected chi connectivity index (χ1v) is 16.3. The minimum Gasteiger partial charge on any atom is -0.449 e. The van der Waals surface area contributed by atoms with Gasteiger partial charge in [0.2, 0.25) is 11.8 Å². The Morgan fingerprint density at radius 3 is 2.02 bits per heavy atom. The SMILES string of the molecule is O=C1CCC(N2C(=O)c3cccc(NCCOCCOCCOCCNC(=O)OCC4c5ccccc5-c5ccccc54)c3C2=O)C(=O)N1. The van der Waals surface area contributed by atoms with Crippen molar-refractivity contribution in [3.8, 4) is 11.1 Å². The Hall–Kier alpha value is -5.11. The van der Waals surface area contributed by atoms with Gasteiger partial charge in [0.15, 0.2) is 0 Å². The number of ether oxygens (including phenoxy) is 4. The third-order valence-electron chi connectivity index (χ3n) is 8.63. The number of imide groups is 2. The van der Waals surface area contributed by atoms with E-state index >= 15 is 0 Å². The number of hydrogen-bond acceptors (Lipinski definition) is 10. The molecule has 1 atom stereocenters. The lowest BCUT2D eigenvalue weighted by Crippen LogP contribution is -2.54. The van der Waals surface area contributed by atoms with Crippen molar-refractivity contribution in [1.82, 2.24) is 15.5 Å². The normalized spacial score (nSPS) is 16.7. The van der Waals surface area contributed by atoms with E-state index in [1.807, 2.05) is 24.3 Å². The van der Waals surface area contributed by atoms with Crippen LogP contribution in [0.3, 0.4) is 0 Å². The van der Waals surface area contributed by atoms with Crippen LogP contribution in [0.15, 0.2) is 66.7 Å². The van der Waals surface area contributed by atoms with Crippen molar-refractivity contribution in [1.29, 1.82) is 0 Å². The van der Waals surface area contributed by atoms with Gasteiger partial charge in [-0.25, -0.2) is 4.79 Å². The molecule has 1 fully saturated rings. The third-order valence-corrected chi connectivity index (χ3v) is 8.63. The monoisotopic (exact) mass is 670 g/mol. The zero-order valence-corrected chi connectivity index (χ0v) is 26.9. The first-order valence-electron chi connectivity index (χ1n) is 16.3. The average molecular weight is 671 g/mol. The van der Waals surface area contributed by atoms with E-state index < -0.39 is 35.8 Å². The second kappa shape index (κ2) is 15.9. The maximum atomic E-state index is 13.2. The van der Waals surface area contributed by atoms with Gasteiger partial charge in [-0.2, -0.15) is 0 Å². The summed E-state index contributed by atoms with van der Waals surface area (Å²) in [6, 6.07) is 20.3. The number of alkyl carbamates (subject to hydrolysis) is 1. The topological polar surface area (TPSA) is 162 Å². The van der Waals surface area contributed by atoms with E-state index in [1.54, 1.807) is 18.2 Å². The summed E-state index contributed by atoms with van der Waals surface area (Å²) in [4.78, 5) is 63.1. The number of anilines is 1. The van der Waals surface area contributed by atoms with Gasteiger partial charge in [-0.05, 0) is 40.8 Å². The van der Waals surface area contributed by atoms with Crippen molar-refractivity contribution >= 4 is 35.4 Å². The maximum absolute atomic E-state index is 13.2. The van der Waals surface area contributed by atoms with Gasteiger partial charge in [-0.1, -0.05) is 54.6 Å². The van der Waals surface area contributed by atoms with E-state index in [1.165, 1.54) is 11.1 Å². The Bertz CT molecular complexity index is 1680. The molecule has 3 aromatic rings. The number of rotatable bonds is 16. The van der Waals surface area contributed by atoms with Crippen LogP contribution in [-0.4, -0.2) is 100 Å². The first kappa shape index (κ1) is 33.8. The molecule has 256 valence electrons. The highest BCUT2D eigenvalue weighted by Crippen LogP contribution is 2.44. The van der Waals surface area contributed by atoms with Crippen LogP contribution in [0, 0.1) is 0 Å². The van der Waals surface area contributed by atoms with Gasteiger partial charge in [0, 0.05) is 31.1 Å². The van der Waals surface area contributed by atoms with E-state index in [2.05, 4.69) is 40.2 Å². The Morgan fingerprint density at radius 2 is 1.35 bits per heavy atom. The number of carbonyl (C=O) groups is 5. The molecule has 0 radical (unpaired) electrons. The lowest BCUT2D eigenvalue weighted by Gasteiger charge is -2.27. The van der Waals surface area contributed by atoms with Crippen molar-refractivity contribution < 1.29 is 42.9 Å². The van der Waals surface area contributed by atoms with Crippen LogP contribution in [0.2, 0.25) is 0 Å². The standard InChI is InChI=1S/C36H38N4O9/c41-31-13-12-30(33(42)39-31)40-34(43)27-10-5-11-29(32(27)35(40)44)37-14-16-46-18-20-48-21-19-47-17-15-38-36(45)49-22-28-25-8-3-1-6-23(25)24-7-2-4-9-26(24)28/h1-11,28,30,37H,12-22H2,(H,38,45)(H,39,41,42). The third kappa shape index (κ3) is 7.64. The molecule has 2 aliphatic heterocycles. The second-order valence-electron chi connectivity index (χ2n) is 11.7. The lowest BCUT2D eigenvalue weighted by atomic mass is 9.98. The summed E-state index contributed by atoms with van der Waals surface area (Å²) in [5, 5.41) is 8.04. The molecule has 13 nitrogen and oxygen atoms in total. The molecule has 2 heterocycles. The van der Waals surface area contributed by atoms with E-state index in [9.17, 15) is 24.0 Å². The Kier molecular flexibility index (Phi) is 10.9. The fraction of sp³-hybridized carbons (Fsp3) is 0.361. The predicted molar refractivity (Wildman–Crippen MR) is 177 cm³/mol. The minimum atomic E-state index is -1.02. The van der Waals surface area contributed by atoms with Crippen molar-refractivity contribution in [3.63, 3.8) is 0 Å². The van der Waals surface area contributed by atoms with E-state index in [4.69, 9.17) is 18.9 Å². The van der Waals surface area contributed by atoms with Gasteiger partial charge in [-0.3, -0.25) is 29.4 Å². The molecule has 1 saturated heterocycles. The zero-order valence-electron chi connectivity index (χ0n) is 26.9. The molecule has 6 rings (SSSR count). The lowest BCUT2D eigenvalue weighted by molar-refractivity contribution is -0.136. The maximum Gasteiger partial charge on any atom is 0.407 e. The Balaban J connectivity index is 0.798. The molecular weight excluding hydrogens is 632 g/mol. The Morgan fingerprint density at radius 1 is 0.735 bits per heavy atom. The minimum absolute atomic E-state index is 0.00824. The van der Waals surface area contributed by atoms with Gasteiger partial charge in [0.05, 0.1) is 50.8 Å². The fourth-order valence-electron chi connectivity index (χ4n) is 6.34. The van der Waals surface area contributed by atoms with Crippen molar-refractivity contribution in [2.75, 3.05) is 64.7 Å². The molecule has 5 amide bonds. The van der Waals surface area contributed by atoms with Gasteiger partial charge in [-0.15, -0.1) is 0 Å². The zero-order chi connectivity index (χ0) is 34.2. The van der Waals surface area contributed by atoms with Crippen molar-refractivity contribution in [2.45, 2.75) is 24.8 Å². The molecule has 0 saturated carbocycles. The number of hydrogen-bond donors (Lipinski definition) is 3. The summed E-state index contributed by atoms with van der Waals surface area (Å²) in [6.07, 6.45) is -0.326. The molecule has 0 bridgehead atoms. The summed E-state index contributed by atoms with van der Waals surface area (Å²) in [5.41, 5.74) is 5.57. The predicted octanol–water partition coefficient (Wildman–Crippen LogP) is 3.09. The first-order chi connectivity index (χ1) is 23.9. The molecule has 0 spiro atoms. The highest BCUT2D eigenvalue weighted by atomic mass is 16.6. The van der Waals surface area contributed by atoms with Gasteiger partial charge in [0.25, 0.3) is 11.8 Å². The second-order valence-corrected chi connectivity index (χ2v) is 11.7. The Labute approximate surface area is 283 Å². The van der Waals surface area contributed by atoms with Gasteiger partial charge < -0.3 is 29.6 Å². The van der Waals surface area contributed by atoms with Crippen LogP contribution in [-0.2, 0) is 28.5 Å². The van der Waals surface area contributed by atoms with Crippen LogP contribution in [0.5, 0.6) is 0 Å². The van der Waals surface area contributed by atoms with Gasteiger partial charge in [0.1, 0.15) is 12.6 Å². The molecule has 3 aliphatic rings. The molecule has 49 heavy (non-hydrogen) atoms. The molecule has 1 unspecified atom stereocenters. The van der Waals surface area contributed by atoms with Gasteiger partial charge >= 0.3 is 6.09 Å². The molecular formula is C36H38N4O9. The average Bonchev–Trinajstić information content (AvgIpc) is 3.56. The number of nitrogens with one attached hydrogen (secondary N) is 3. The molecule has 1 aliphatic carbocycles. The van der Waals surface area contributed by atoms with E-state index in [-0.39, 0.29) is 36.5 Å². The van der Waals surface area contributed by atoms with Crippen LogP contribution in [0.4, 0.5) is 10.5 Å². The van der Waals surface area contributed by atoms with Crippen LogP contribution in [0.25, 0.3) is 11.1 Å². The number of fused-ring (bicyclic) bond motifs is 4. The smallest absolute Gasteiger partial charge is 0.407 e. The quantitative estimate of drug-likeness (QED) is 0.153.